The molecule has 1 aromatic carbocycles. The SMILES string of the molecule is Cc1c(Br)cc2c(c1C1CCNC1)OCCO2. The van der Waals surface area contributed by atoms with E-state index in [-0.39, 0.29) is 0 Å². The van der Waals surface area contributed by atoms with Gasteiger partial charge in [0.25, 0.3) is 0 Å². The van der Waals surface area contributed by atoms with Gasteiger partial charge in [-0.05, 0) is 31.5 Å². The van der Waals surface area contributed by atoms with Gasteiger partial charge in [-0.25, -0.2) is 0 Å². The molecular weight excluding hydrogens is 282 g/mol. The number of nitrogens with one attached hydrogen (secondary N) is 1. The molecular formula is C13H16BrNO2. The molecule has 0 aromatic heterocycles. The van der Waals surface area contributed by atoms with Gasteiger partial charge < -0.3 is 14.8 Å². The lowest BCUT2D eigenvalue weighted by atomic mass is 9.92. The summed E-state index contributed by atoms with van der Waals surface area (Å²) in [7, 11) is 0. The minimum Gasteiger partial charge on any atom is -0.486 e. The summed E-state index contributed by atoms with van der Waals surface area (Å²) in [5.41, 5.74) is 2.60. The molecule has 0 radical (unpaired) electrons. The molecule has 3 nitrogen and oxygen atoms in total. The Kier molecular flexibility index (Phi) is 3.01. The van der Waals surface area contributed by atoms with E-state index in [1.54, 1.807) is 0 Å². The first-order valence-electron chi connectivity index (χ1n) is 6.06. The highest BCUT2D eigenvalue weighted by Crippen LogP contribution is 2.44. The van der Waals surface area contributed by atoms with Crippen molar-refractivity contribution in [1.29, 1.82) is 0 Å². The van der Waals surface area contributed by atoms with Gasteiger partial charge >= 0.3 is 0 Å². The molecule has 1 atom stereocenters. The fourth-order valence-electron chi connectivity index (χ4n) is 2.66. The predicted molar refractivity (Wildman–Crippen MR) is 70.1 cm³/mol. The van der Waals surface area contributed by atoms with E-state index in [4.69, 9.17) is 9.47 Å². The van der Waals surface area contributed by atoms with Gasteiger partial charge in [-0.3, -0.25) is 0 Å². The van der Waals surface area contributed by atoms with Gasteiger partial charge in [0, 0.05) is 22.5 Å². The largest absolute Gasteiger partial charge is 0.486 e. The molecule has 1 unspecified atom stereocenters. The highest BCUT2D eigenvalue weighted by Gasteiger charge is 2.27. The zero-order chi connectivity index (χ0) is 11.8. The van der Waals surface area contributed by atoms with Crippen molar-refractivity contribution in [3.8, 4) is 11.5 Å². The zero-order valence-corrected chi connectivity index (χ0v) is 11.5. The second-order valence-electron chi connectivity index (χ2n) is 4.61. The molecule has 1 N–H and O–H groups in total. The van der Waals surface area contributed by atoms with Crippen molar-refractivity contribution < 1.29 is 9.47 Å². The van der Waals surface area contributed by atoms with Crippen molar-refractivity contribution in [2.45, 2.75) is 19.3 Å². The fraction of sp³-hybridized carbons (Fsp3) is 0.538. The van der Waals surface area contributed by atoms with Crippen molar-refractivity contribution in [2.75, 3.05) is 26.3 Å². The van der Waals surface area contributed by atoms with E-state index in [0.29, 0.717) is 19.1 Å². The van der Waals surface area contributed by atoms with Crippen LogP contribution in [0.25, 0.3) is 0 Å². The number of ether oxygens (including phenoxy) is 2. The van der Waals surface area contributed by atoms with Crippen LogP contribution in [-0.4, -0.2) is 26.3 Å². The number of rotatable bonds is 1. The summed E-state index contributed by atoms with van der Waals surface area (Å²) in [5, 5.41) is 3.41. The third-order valence-electron chi connectivity index (χ3n) is 3.54. The minimum absolute atomic E-state index is 0.544. The van der Waals surface area contributed by atoms with Gasteiger partial charge in [0.2, 0.25) is 0 Å². The number of fused-ring (bicyclic) bond motifs is 1. The Hall–Kier alpha value is -0.740. The first-order valence-corrected chi connectivity index (χ1v) is 6.86. The molecule has 0 saturated carbocycles. The molecule has 0 bridgehead atoms. The van der Waals surface area contributed by atoms with Gasteiger partial charge in [0.15, 0.2) is 11.5 Å². The first-order chi connectivity index (χ1) is 8.27. The molecule has 1 fully saturated rings. The van der Waals surface area contributed by atoms with E-state index < -0.39 is 0 Å². The van der Waals surface area contributed by atoms with Crippen molar-refractivity contribution in [2.24, 2.45) is 0 Å². The molecule has 0 spiro atoms. The van der Waals surface area contributed by atoms with Crippen LogP contribution in [0.5, 0.6) is 11.5 Å². The molecule has 1 saturated heterocycles. The van der Waals surface area contributed by atoms with Crippen LogP contribution >= 0.6 is 15.9 Å². The molecule has 1 aromatic rings. The molecule has 92 valence electrons. The Labute approximate surface area is 110 Å². The van der Waals surface area contributed by atoms with Gasteiger partial charge in [-0.2, -0.15) is 0 Å². The minimum atomic E-state index is 0.544. The van der Waals surface area contributed by atoms with E-state index in [0.717, 1.165) is 29.1 Å². The molecule has 0 aliphatic carbocycles. The summed E-state index contributed by atoms with van der Waals surface area (Å²) < 4.78 is 12.6. The second kappa shape index (κ2) is 4.50. The summed E-state index contributed by atoms with van der Waals surface area (Å²) in [4.78, 5) is 0. The maximum atomic E-state index is 5.83. The van der Waals surface area contributed by atoms with Crippen LogP contribution in [0, 0.1) is 6.92 Å². The molecule has 4 heteroatoms. The van der Waals surface area contributed by atoms with Crippen molar-refractivity contribution in [3.05, 3.63) is 21.7 Å². The third kappa shape index (κ3) is 1.93. The molecule has 2 aliphatic heterocycles. The summed E-state index contributed by atoms with van der Waals surface area (Å²) in [5.74, 6) is 2.39. The van der Waals surface area contributed by atoms with E-state index in [1.165, 1.54) is 17.5 Å². The lowest BCUT2D eigenvalue weighted by molar-refractivity contribution is 0.169. The zero-order valence-electron chi connectivity index (χ0n) is 9.88. The molecule has 2 heterocycles. The van der Waals surface area contributed by atoms with Crippen LogP contribution in [0.3, 0.4) is 0 Å². The normalized spacial score (nSPS) is 22.8. The number of hydrogen-bond donors (Lipinski definition) is 1. The predicted octanol–water partition coefficient (Wildman–Crippen LogP) is 2.61. The Morgan fingerprint density at radius 3 is 2.94 bits per heavy atom. The highest BCUT2D eigenvalue weighted by atomic mass is 79.9. The van der Waals surface area contributed by atoms with Crippen LogP contribution < -0.4 is 14.8 Å². The summed E-state index contributed by atoms with van der Waals surface area (Å²) in [6.45, 7) is 5.57. The average molecular weight is 298 g/mol. The maximum Gasteiger partial charge on any atom is 0.165 e. The molecule has 17 heavy (non-hydrogen) atoms. The third-order valence-corrected chi connectivity index (χ3v) is 4.37. The average Bonchev–Trinajstić information content (AvgIpc) is 2.84. The van der Waals surface area contributed by atoms with Gasteiger partial charge in [-0.1, -0.05) is 15.9 Å². The van der Waals surface area contributed by atoms with Crippen LogP contribution in [0.2, 0.25) is 0 Å². The van der Waals surface area contributed by atoms with E-state index in [1.807, 2.05) is 6.07 Å². The maximum absolute atomic E-state index is 5.83. The van der Waals surface area contributed by atoms with Crippen molar-refractivity contribution >= 4 is 15.9 Å². The summed E-state index contributed by atoms with van der Waals surface area (Å²) in [6.07, 6.45) is 1.17. The van der Waals surface area contributed by atoms with Crippen LogP contribution in [0.1, 0.15) is 23.5 Å². The van der Waals surface area contributed by atoms with E-state index in [9.17, 15) is 0 Å². The molecule has 3 rings (SSSR count). The van der Waals surface area contributed by atoms with Crippen molar-refractivity contribution in [3.63, 3.8) is 0 Å². The second-order valence-corrected chi connectivity index (χ2v) is 5.47. The quantitative estimate of drug-likeness (QED) is 0.864. The fourth-order valence-corrected chi connectivity index (χ4v) is 3.09. The molecule has 2 aliphatic rings. The van der Waals surface area contributed by atoms with Gasteiger partial charge in [-0.15, -0.1) is 0 Å². The Balaban J connectivity index is 2.12. The lowest BCUT2D eigenvalue weighted by Crippen LogP contribution is -2.19. The topological polar surface area (TPSA) is 30.5 Å². The van der Waals surface area contributed by atoms with Crippen LogP contribution in [-0.2, 0) is 0 Å². The van der Waals surface area contributed by atoms with E-state index in [2.05, 4.69) is 28.2 Å². The van der Waals surface area contributed by atoms with Crippen LogP contribution in [0.4, 0.5) is 0 Å². The smallest absolute Gasteiger partial charge is 0.165 e. The highest BCUT2D eigenvalue weighted by molar-refractivity contribution is 9.10. The summed E-state index contributed by atoms with van der Waals surface area (Å²) >= 11 is 3.62. The van der Waals surface area contributed by atoms with Crippen LogP contribution in [0.15, 0.2) is 10.5 Å². The van der Waals surface area contributed by atoms with Crippen molar-refractivity contribution in [1.82, 2.24) is 5.32 Å². The van der Waals surface area contributed by atoms with Gasteiger partial charge in [0.05, 0.1) is 0 Å². The number of hydrogen-bond acceptors (Lipinski definition) is 3. The standard InChI is InChI=1S/C13H16BrNO2/c1-8-10(14)6-11-13(17-5-4-16-11)12(8)9-2-3-15-7-9/h6,9,15H,2-5,7H2,1H3. The Bertz CT molecular complexity index is 442. The molecule has 0 amide bonds. The first kappa shape index (κ1) is 11.4. The Morgan fingerprint density at radius 2 is 2.18 bits per heavy atom. The Morgan fingerprint density at radius 1 is 1.35 bits per heavy atom. The lowest BCUT2D eigenvalue weighted by Gasteiger charge is -2.25. The summed E-state index contributed by atoms with van der Waals surface area (Å²) in [6, 6.07) is 2.02. The number of benzene rings is 1. The number of halogens is 1. The van der Waals surface area contributed by atoms with E-state index >= 15 is 0 Å². The van der Waals surface area contributed by atoms with Gasteiger partial charge in [0.1, 0.15) is 13.2 Å². The monoisotopic (exact) mass is 297 g/mol.